The molecule has 1 aliphatic carbocycles. The summed E-state index contributed by atoms with van der Waals surface area (Å²) in [6, 6.07) is 15.5. The van der Waals surface area contributed by atoms with Gasteiger partial charge in [-0.25, -0.2) is 4.98 Å². The minimum atomic E-state index is -0.174. The van der Waals surface area contributed by atoms with Gasteiger partial charge in [0.2, 0.25) is 5.95 Å². The molecule has 8 heteroatoms. The SMILES string of the molecule is CN(C)c1nc(NC2CCC(CNCCCCCCNC(=O)c3ccccc3C=O)CC2)nc2ccccc12. The van der Waals surface area contributed by atoms with Gasteiger partial charge in [0.1, 0.15) is 5.82 Å². The summed E-state index contributed by atoms with van der Waals surface area (Å²) >= 11 is 0. The predicted octanol–water partition coefficient (Wildman–Crippen LogP) is 5.06. The van der Waals surface area contributed by atoms with E-state index in [4.69, 9.17) is 9.97 Å². The van der Waals surface area contributed by atoms with E-state index in [9.17, 15) is 9.59 Å². The lowest BCUT2D eigenvalue weighted by Gasteiger charge is -2.29. The number of hydrogen-bond acceptors (Lipinski definition) is 7. The number of hydrogen-bond donors (Lipinski definition) is 3. The Hall–Kier alpha value is -3.52. The molecule has 4 rings (SSSR count). The molecule has 0 aliphatic heterocycles. The zero-order valence-corrected chi connectivity index (χ0v) is 23.3. The molecule has 39 heavy (non-hydrogen) atoms. The van der Waals surface area contributed by atoms with Gasteiger partial charge in [0, 0.05) is 43.2 Å². The van der Waals surface area contributed by atoms with Crippen molar-refractivity contribution in [1.29, 1.82) is 0 Å². The molecule has 2 aromatic carbocycles. The molecule has 1 amide bonds. The summed E-state index contributed by atoms with van der Waals surface area (Å²) < 4.78 is 0. The third kappa shape index (κ3) is 8.23. The molecule has 0 spiro atoms. The first-order valence-corrected chi connectivity index (χ1v) is 14.3. The zero-order chi connectivity index (χ0) is 27.5. The van der Waals surface area contributed by atoms with Crippen LogP contribution in [0.2, 0.25) is 0 Å². The topological polar surface area (TPSA) is 99.3 Å². The van der Waals surface area contributed by atoms with Crippen molar-refractivity contribution in [3.63, 3.8) is 0 Å². The van der Waals surface area contributed by atoms with Crippen LogP contribution >= 0.6 is 0 Å². The molecular formula is C31H42N6O2. The first-order chi connectivity index (χ1) is 19.0. The van der Waals surface area contributed by atoms with Gasteiger partial charge in [-0.15, -0.1) is 0 Å². The number of fused-ring (bicyclic) bond motifs is 1. The molecule has 8 nitrogen and oxygen atoms in total. The third-order valence-electron chi connectivity index (χ3n) is 7.52. The quantitative estimate of drug-likeness (QED) is 0.198. The smallest absolute Gasteiger partial charge is 0.252 e. The van der Waals surface area contributed by atoms with Gasteiger partial charge in [0.25, 0.3) is 5.91 Å². The fourth-order valence-corrected chi connectivity index (χ4v) is 5.30. The highest BCUT2D eigenvalue weighted by atomic mass is 16.1. The summed E-state index contributed by atoms with van der Waals surface area (Å²) in [6.45, 7) is 2.75. The number of aromatic nitrogens is 2. The van der Waals surface area contributed by atoms with Gasteiger partial charge in [-0.05, 0) is 75.7 Å². The van der Waals surface area contributed by atoms with E-state index >= 15 is 0 Å². The van der Waals surface area contributed by atoms with E-state index < -0.39 is 0 Å². The van der Waals surface area contributed by atoms with Crippen LogP contribution in [0, 0.1) is 5.92 Å². The lowest BCUT2D eigenvalue weighted by molar-refractivity contribution is 0.0947. The Kier molecular flexibility index (Phi) is 10.7. The second-order valence-corrected chi connectivity index (χ2v) is 10.7. The number of benzene rings is 2. The van der Waals surface area contributed by atoms with E-state index in [2.05, 4.69) is 22.0 Å². The molecule has 0 radical (unpaired) electrons. The molecule has 0 atom stereocenters. The summed E-state index contributed by atoms with van der Waals surface area (Å²) in [6.07, 6.45) is 9.76. The number of amides is 1. The van der Waals surface area contributed by atoms with Crippen LogP contribution < -0.4 is 20.9 Å². The van der Waals surface area contributed by atoms with E-state index in [1.807, 2.05) is 37.2 Å². The van der Waals surface area contributed by atoms with Crippen molar-refractivity contribution in [3.8, 4) is 0 Å². The van der Waals surface area contributed by atoms with Crippen LogP contribution in [-0.2, 0) is 0 Å². The van der Waals surface area contributed by atoms with Gasteiger partial charge in [-0.2, -0.15) is 4.98 Å². The van der Waals surface area contributed by atoms with E-state index in [0.717, 1.165) is 86.5 Å². The number of rotatable bonds is 14. The Morgan fingerprint density at radius 3 is 2.41 bits per heavy atom. The van der Waals surface area contributed by atoms with Crippen LogP contribution in [0.5, 0.6) is 0 Å². The summed E-state index contributed by atoms with van der Waals surface area (Å²) in [7, 11) is 4.05. The van der Waals surface area contributed by atoms with E-state index in [-0.39, 0.29) is 5.91 Å². The number of nitrogens with one attached hydrogen (secondary N) is 3. The Bertz CT molecular complexity index is 1220. The lowest BCUT2D eigenvalue weighted by atomic mass is 9.86. The third-order valence-corrected chi connectivity index (χ3v) is 7.52. The maximum atomic E-state index is 12.3. The molecule has 1 heterocycles. The van der Waals surface area contributed by atoms with Crippen LogP contribution in [0.3, 0.4) is 0 Å². The van der Waals surface area contributed by atoms with Crippen LogP contribution in [0.1, 0.15) is 72.1 Å². The molecule has 0 unspecified atom stereocenters. The van der Waals surface area contributed by atoms with E-state index in [0.29, 0.717) is 23.7 Å². The van der Waals surface area contributed by atoms with Crippen LogP contribution in [-0.4, -0.2) is 61.9 Å². The maximum Gasteiger partial charge on any atom is 0.252 e. The Balaban J connectivity index is 1.06. The largest absolute Gasteiger partial charge is 0.362 e. The summed E-state index contributed by atoms with van der Waals surface area (Å²) in [5.74, 6) is 2.23. The van der Waals surface area contributed by atoms with Crippen molar-refractivity contribution in [2.45, 2.75) is 57.4 Å². The monoisotopic (exact) mass is 530 g/mol. The fraction of sp³-hybridized carbons (Fsp3) is 0.484. The first-order valence-electron chi connectivity index (χ1n) is 14.3. The number of nitrogens with zero attached hydrogens (tertiary/aromatic N) is 3. The number of carbonyl (C=O) groups excluding carboxylic acids is 2. The Morgan fingerprint density at radius 1 is 0.923 bits per heavy atom. The average Bonchev–Trinajstić information content (AvgIpc) is 2.96. The molecule has 1 fully saturated rings. The van der Waals surface area contributed by atoms with Crippen LogP contribution in [0.25, 0.3) is 10.9 Å². The molecule has 1 aliphatic rings. The molecule has 1 aromatic heterocycles. The predicted molar refractivity (Wildman–Crippen MR) is 159 cm³/mol. The van der Waals surface area contributed by atoms with Gasteiger partial charge in [0.15, 0.2) is 6.29 Å². The fourth-order valence-electron chi connectivity index (χ4n) is 5.30. The van der Waals surface area contributed by atoms with Gasteiger partial charge in [-0.3, -0.25) is 9.59 Å². The summed E-state index contributed by atoms with van der Waals surface area (Å²) in [5, 5.41) is 11.3. The number of carbonyl (C=O) groups is 2. The molecule has 0 saturated heterocycles. The number of unbranched alkanes of at least 4 members (excludes halogenated alkanes) is 3. The lowest BCUT2D eigenvalue weighted by Crippen LogP contribution is -2.32. The highest BCUT2D eigenvalue weighted by molar-refractivity contribution is 6.01. The standard InChI is InChI=1S/C31H42N6O2/c1-37(2)29-27-13-7-8-14-28(27)35-31(36-29)34-25-17-15-23(16-18-25)21-32-19-9-3-4-10-20-33-30(39)26-12-6-5-11-24(26)22-38/h5-8,11-14,22-23,25,32H,3-4,9-10,15-21H2,1-2H3,(H,33,39)(H,34,35,36). The second kappa shape index (κ2) is 14.6. The minimum absolute atomic E-state index is 0.174. The van der Waals surface area contributed by atoms with Crippen molar-refractivity contribution < 1.29 is 9.59 Å². The highest BCUT2D eigenvalue weighted by Gasteiger charge is 2.22. The summed E-state index contributed by atoms with van der Waals surface area (Å²) in [5.41, 5.74) is 1.85. The molecule has 0 bridgehead atoms. The molecular weight excluding hydrogens is 488 g/mol. The van der Waals surface area contributed by atoms with E-state index in [1.54, 1.807) is 24.3 Å². The maximum absolute atomic E-state index is 12.3. The molecule has 3 aromatic rings. The van der Waals surface area contributed by atoms with Crippen molar-refractivity contribution in [1.82, 2.24) is 20.6 Å². The normalized spacial score (nSPS) is 17.1. The minimum Gasteiger partial charge on any atom is -0.362 e. The Morgan fingerprint density at radius 2 is 1.64 bits per heavy atom. The van der Waals surface area contributed by atoms with Crippen molar-refractivity contribution in [2.75, 3.05) is 43.9 Å². The number of anilines is 2. The van der Waals surface area contributed by atoms with Gasteiger partial charge < -0.3 is 20.9 Å². The van der Waals surface area contributed by atoms with Gasteiger partial charge in [-0.1, -0.05) is 43.2 Å². The first kappa shape index (κ1) is 28.5. The molecule has 208 valence electrons. The van der Waals surface area contributed by atoms with Crippen molar-refractivity contribution >= 4 is 34.9 Å². The molecule has 3 N–H and O–H groups in total. The van der Waals surface area contributed by atoms with Crippen molar-refractivity contribution in [2.24, 2.45) is 5.92 Å². The molecule has 1 saturated carbocycles. The number of aldehydes is 1. The average molecular weight is 531 g/mol. The van der Waals surface area contributed by atoms with Crippen LogP contribution in [0.15, 0.2) is 48.5 Å². The van der Waals surface area contributed by atoms with Crippen LogP contribution in [0.4, 0.5) is 11.8 Å². The number of para-hydroxylation sites is 1. The van der Waals surface area contributed by atoms with E-state index in [1.165, 1.54) is 12.8 Å². The summed E-state index contributed by atoms with van der Waals surface area (Å²) in [4.78, 5) is 34.9. The zero-order valence-electron chi connectivity index (χ0n) is 23.3. The van der Waals surface area contributed by atoms with Gasteiger partial charge in [0.05, 0.1) is 5.52 Å². The Labute approximate surface area is 232 Å². The second-order valence-electron chi connectivity index (χ2n) is 10.7. The highest BCUT2D eigenvalue weighted by Crippen LogP contribution is 2.28. The van der Waals surface area contributed by atoms with Crippen molar-refractivity contribution in [3.05, 3.63) is 59.7 Å². The van der Waals surface area contributed by atoms with Gasteiger partial charge >= 0.3 is 0 Å².